The van der Waals surface area contributed by atoms with Crippen LogP contribution in [-0.4, -0.2) is 61.4 Å². The van der Waals surface area contributed by atoms with Crippen molar-refractivity contribution in [2.75, 3.05) is 39.6 Å². The van der Waals surface area contributed by atoms with E-state index in [9.17, 15) is 22.5 Å². The maximum atomic E-state index is 11.7. The number of phosphoric acid groups is 1. The number of amides is 1. The van der Waals surface area contributed by atoms with Crippen LogP contribution in [0.1, 0.15) is 0 Å². The highest BCUT2D eigenvalue weighted by Gasteiger charge is 2.38. The minimum absolute atomic E-state index is 0.0534. The molecular weight excluding hydrogens is 310 g/mol. The molecule has 0 aliphatic heterocycles. The van der Waals surface area contributed by atoms with E-state index in [0.717, 1.165) is 0 Å². The Balaban J connectivity index is 3.30. The average molecular weight is 325 g/mol. The Labute approximate surface area is 112 Å². The number of carbonyl (C=O) groups is 1. The van der Waals surface area contributed by atoms with E-state index < -0.39 is 19.9 Å². The summed E-state index contributed by atoms with van der Waals surface area (Å²) in [6.07, 6.45) is -4.91. The van der Waals surface area contributed by atoms with Crippen LogP contribution in [0.25, 0.3) is 0 Å². The van der Waals surface area contributed by atoms with Gasteiger partial charge in [-0.05, 0) is 0 Å². The quantitative estimate of drug-likeness (QED) is 0.377. The van der Waals surface area contributed by atoms with Gasteiger partial charge in [-0.1, -0.05) is 0 Å². The van der Waals surface area contributed by atoms with Crippen molar-refractivity contribution >= 4 is 13.7 Å². The first kappa shape index (κ1) is 19.3. The van der Waals surface area contributed by atoms with Gasteiger partial charge in [0.15, 0.2) is 0 Å². The third-order valence-corrected chi connectivity index (χ3v) is 2.17. The highest BCUT2D eigenvalue weighted by Crippen LogP contribution is 2.35. The van der Waals surface area contributed by atoms with Crippen molar-refractivity contribution in [3.8, 4) is 0 Å². The van der Waals surface area contributed by atoms with Crippen molar-refractivity contribution in [3.63, 3.8) is 0 Å². The molecule has 0 aromatic heterocycles. The van der Waals surface area contributed by atoms with Gasteiger partial charge in [0.25, 0.3) is 0 Å². The van der Waals surface area contributed by atoms with Gasteiger partial charge in [0.05, 0.1) is 33.0 Å². The lowest BCUT2D eigenvalue weighted by atomic mass is 10.5. The van der Waals surface area contributed by atoms with Crippen molar-refractivity contribution in [1.29, 1.82) is 0 Å². The second-order valence-corrected chi connectivity index (χ2v) is 4.54. The number of carbonyl (C=O) groups excluding carboxylic acids is 1. The molecule has 0 aliphatic rings. The van der Waals surface area contributed by atoms with Crippen LogP contribution in [0.15, 0.2) is 0 Å². The molecule has 0 spiro atoms. The van der Waals surface area contributed by atoms with Gasteiger partial charge in [0.1, 0.15) is 0 Å². The maximum absolute atomic E-state index is 11.7. The van der Waals surface area contributed by atoms with E-state index in [2.05, 4.69) is 4.52 Å². The number of rotatable bonds is 10. The standard InChI is InChI=1S/C8H15F3NO7P/c9-8(10,11)7(13)12-1-2-17-3-4-18-5-6-19-20(14,15)16/h1-6H2,(H,12,13)(H2,14,15,16). The number of phosphoric ester groups is 1. The number of ether oxygens (including phenoxy) is 2. The topological polar surface area (TPSA) is 114 Å². The van der Waals surface area contributed by atoms with Gasteiger partial charge in [-0.15, -0.1) is 0 Å². The molecule has 0 bridgehead atoms. The zero-order valence-corrected chi connectivity index (χ0v) is 11.2. The number of nitrogens with one attached hydrogen (secondary N) is 1. The molecule has 1 amide bonds. The Kier molecular flexibility index (Phi) is 8.94. The van der Waals surface area contributed by atoms with Crippen LogP contribution in [0, 0.1) is 0 Å². The number of alkyl halides is 3. The van der Waals surface area contributed by atoms with E-state index in [0.29, 0.717) is 0 Å². The zero-order valence-electron chi connectivity index (χ0n) is 10.3. The molecule has 0 aromatic rings. The molecule has 8 nitrogen and oxygen atoms in total. The summed E-state index contributed by atoms with van der Waals surface area (Å²) >= 11 is 0. The molecular formula is C8H15F3NO7P. The summed E-state index contributed by atoms with van der Waals surface area (Å²) in [6.45, 7) is -0.662. The molecule has 0 fully saturated rings. The Morgan fingerprint density at radius 1 is 1.05 bits per heavy atom. The fourth-order valence-corrected chi connectivity index (χ4v) is 1.19. The normalized spacial score (nSPS) is 12.4. The fraction of sp³-hybridized carbons (Fsp3) is 0.875. The monoisotopic (exact) mass is 325 g/mol. The van der Waals surface area contributed by atoms with Crippen LogP contribution in [0.3, 0.4) is 0 Å². The van der Waals surface area contributed by atoms with Crippen LogP contribution in [-0.2, 0) is 23.4 Å². The Morgan fingerprint density at radius 3 is 2.05 bits per heavy atom. The molecule has 0 saturated carbocycles. The Morgan fingerprint density at radius 2 is 1.55 bits per heavy atom. The van der Waals surface area contributed by atoms with Crippen LogP contribution in [0.4, 0.5) is 13.2 Å². The summed E-state index contributed by atoms with van der Waals surface area (Å²) in [5.74, 6) is -2.04. The first-order valence-electron chi connectivity index (χ1n) is 5.33. The summed E-state index contributed by atoms with van der Waals surface area (Å²) in [7, 11) is -4.50. The lowest BCUT2D eigenvalue weighted by Gasteiger charge is -2.09. The fourth-order valence-electron chi connectivity index (χ4n) is 0.874. The second kappa shape index (κ2) is 9.27. The molecule has 0 atom stereocenters. The molecule has 120 valence electrons. The van der Waals surface area contributed by atoms with Crippen molar-refractivity contribution in [1.82, 2.24) is 5.32 Å². The van der Waals surface area contributed by atoms with E-state index in [-0.39, 0.29) is 39.6 Å². The predicted molar refractivity (Wildman–Crippen MR) is 58.7 cm³/mol. The molecule has 0 rings (SSSR count). The molecule has 0 radical (unpaired) electrons. The van der Waals surface area contributed by atoms with Crippen LogP contribution in [0.5, 0.6) is 0 Å². The summed E-state index contributed by atoms with van der Waals surface area (Å²) in [4.78, 5) is 27.0. The molecule has 0 aromatic carbocycles. The Hall–Kier alpha value is -0.710. The number of hydrogen-bond donors (Lipinski definition) is 3. The number of halogens is 3. The molecule has 0 aliphatic carbocycles. The van der Waals surface area contributed by atoms with E-state index in [1.165, 1.54) is 0 Å². The van der Waals surface area contributed by atoms with Crippen LogP contribution >= 0.6 is 7.82 Å². The van der Waals surface area contributed by atoms with Gasteiger partial charge in [-0.3, -0.25) is 9.32 Å². The SMILES string of the molecule is O=C(NCCOCCOCCOP(=O)(O)O)C(F)(F)F. The molecule has 3 N–H and O–H groups in total. The van der Waals surface area contributed by atoms with Crippen molar-refractivity contribution < 1.29 is 46.3 Å². The van der Waals surface area contributed by atoms with Gasteiger partial charge in [-0.25, -0.2) is 4.57 Å². The lowest BCUT2D eigenvalue weighted by Crippen LogP contribution is -2.38. The first-order valence-corrected chi connectivity index (χ1v) is 6.86. The van der Waals surface area contributed by atoms with Gasteiger partial charge in [0, 0.05) is 6.54 Å². The maximum Gasteiger partial charge on any atom is 0.471 e. The van der Waals surface area contributed by atoms with E-state index in [4.69, 9.17) is 19.3 Å². The van der Waals surface area contributed by atoms with E-state index in [1.54, 1.807) is 5.32 Å². The van der Waals surface area contributed by atoms with E-state index in [1.807, 2.05) is 0 Å². The third-order valence-electron chi connectivity index (χ3n) is 1.65. The van der Waals surface area contributed by atoms with Gasteiger partial charge in [-0.2, -0.15) is 13.2 Å². The largest absolute Gasteiger partial charge is 0.471 e. The summed E-state index contributed by atoms with van der Waals surface area (Å²) < 4.78 is 59.2. The molecule has 0 heterocycles. The van der Waals surface area contributed by atoms with Crippen molar-refractivity contribution in [2.24, 2.45) is 0 Å². The van der Waals surface area contributed by atoms with Gasteiger partial charge < -0.3 is 24.6 Å². The van der Waals surface area contributed by atoms with Gasteiger partial charge >= 0.3 is 19.9 Å². The smallest absolute Gasteiger partial charge is 0.377 e. The lowest BCUT2D eigenvalue weighted by molar-refractivity contribution is -0.173. The van der Waals surface area contributed by atoms with E-state index >= 15 is 0 Å². The second-order valence-electron chi connectivity index (χ2n) is 3.30. The average Bonchev–Trinajstić information content (AvgIpc) is 2.28. The van der Waals surface area contributed by atoms with Crippen molar-refractivity contribution in [2.45, 2.75) is 6.18 Å². The first-order chi connectivity index (χ1) is 9.13. The van der Waals surface area contributed by atoms with Crippen molar-refractivity contribution in [3.05, 3.63) is 0 Å². The summed E-state index contributed by atoms with van der Waals surface area (Å²) in [5, 5.41) is 1.61. The number of hydrogen-bond acceptors (Lipinski definition) is 5. The minimum atomic E-state index is -4.91. The molecule has 0 saturated heterocycles. The highest BCUT2D eigenvalue weighted by atomic mass is 31.2. The van der Waals surface area contributed by atoms with Gasteiger partial charge in [0.2, 0.25) is 0 Å². The third kappa shape index (κ3) is 12.3. The zero-order chi connectivity index (χ0) is 15.6. The summed E-state index contributed by atoms with van der Waals surface area (Å²) in [5.41, 5.74) is 0. The highest BCUT2D eigenvalue weighted by molar-refractivity contribution is 7.46. The van der Waals surface area contributed by atoms with Crippen LogP contribution in [0.2, 0.25) is 0 Å². The van der Waals surface area contributed by atoms with Crippen LogP contribution < -0.4 is 5.32 Å². The molecule has 0 unspecified atom stereocenters. The Bertz CT molecular complexity index is 333. The minimum Gasteiger partial charge on any atom is -0.377 e. The molecule has 12 heteroatoms. The molecule has 20 heavy (non-hydrogen) atoms. The predicted octanol–water partition coefficient (Wildman–Crippen LogP) is -0.193. The summed E-state index contributed by atoms with van der Waals surface area (Å²) in [6, 6.07) is 0.